The predicted molar refractivity (Wildman–Crippen MR) is 124 cm³/mol. The topological polar surface area (TPSA) is 95.9 Å². The molecule has 1 aliphatic heterocycles. The number of carbonyl (C=O) groups excluding carboxylic acids is 2. The summed E-state index contributed by atoms with van der Waals surface area (Å²) in [6.07, 6.45) is 0.944. The molecule has 1 unspecified atom stereocenters. The Morgan fingerprint density at radius 2 is 1.67 bits per heavy atom. The van der Waals surface area contributed by atoms with Gasteiger partial charge in [-0.15, -0.1) is 0 Å². The van der Waals surface area contributed by atoms with Gasteiger partial charge in [0.2, 0.25) is 5.91 Å². The minimum absolute atomic E-state index is 0.0457. The molecule has 1 heterocycles. The second-order valence-electron chi connectivity index (χ2n) is 9.43. The first-order chi connectivity index (χ1) is 15.8. The highest BCUT2D eigenvalue weighted by Gasteiger charge is 2.37. The van der Waals surface area contributed by atoms with E-state index in [0.717, 1.165) is 35.1 Å². The number of hydrogen-bond acceptors (Lipinski definition) is 4. The first-order valence-electron chi connectivity index (χ1n) is 11.4. The molecule has 7 heteroatoms. The third-order valence-electron chi connectivity index (χ3n) is 6.56. The average Bonchev–Trinajstić information content (AvgIpc) is 3.10. The van der Waals surface area contributed by atoms with E-state index in [2.05, 4.69) is 29.6 Å². The van der Waals surface area contributed by atoms with Crippen LogP contribution in [0, 0.1) is 5.92 Å². The number of fused-ring (bicyclic) bond motifs is 3. The van der Waals surface area contributed by atoms with Crippen LogP contribution >= 0.6 is 0 Å². The summed E-state index contributed by atoms with van der Waals surface area (Å²) in [6, 6.07) is 16.2. The highest BCUT2D eigenvalue weighted by molar-refractivity contribution is 5.89. The number of nitrogens with one attached hydrogen (secondary N) is 1. The van der Waals surface area contributed by atoms with Crippen LogP contribution in [0.25, 0.3) is 11.1 Å². The molecule has 33 heavy (non-hydrogen) atoms. The molecule has 7 nitrogen and oxygen atoms in total. The molecule has 0 aromatic heterocycles. The van der Waals surface area contributed by atoms with E-state index in [1.165, 1.54) is 0 Å². The fourth-order valence-corrected chi connectivity index (χ4v) is 5.00. The zero-order chi connectivity index (χ0) is 23.6. The van der Waals surface area contributed by atoms with Crippen molar-refractivity contribution in [1.29, 1.82) is 0 Å². The summed E-state index contributed by atoms with van der Waals surface area (Å²) in [5.74, 6) is -1.21. The van der Waals surface area contributed by atoms with E-state index in [1.54, 1.807) is 18.7 Å². The number of rotatable bonds is 6. The molecule has 4 rings (SSSR count). The quantitative estimate of drug-likeness (QED) is 0.693. The van der Waals surface area contributed by atoms with Gasteiger partial charge in [0.1, 0.15) is 12.1 Å². The highest BCUT2D eigenvalue weighted by Crippen LogP contribution is 2.44. The number of nitrogens with zero attached hydrogens (tertiary/aromatic N) is 1. The van der Waals surface area contributed by atoms with E-state index >= 15 is 0 Å². The van der Waals surface area contributed by atoms with E-state index < -0.39 is 17.6 Å². The maximum Gasteiger partial charge on any atom is 0.408 e. The number of carboxylic acids is 1. The van der Waals surface area contributed by atoms with Crippen molar-refractivity contribution >= 4 is 18.0 Å². The van der Waals surface area contributed by atoms with Gasteiger partial charge in [-0.2, -0.15) is 0 Å². The molecular formula is C26H30N2O5. The summed E-state index contributed by atoms with van der Waals surface area (Å²) in [5, 5.41) is 11.8. The SMILES string of the molecule is CC(C)(NC(=O)OCC1c2ccccc2-c2ccccc21)C(=O)N1CCCC(CC(=O)O)C1. The van der Waals surface area contributed by atoms with Crippen LogP contribution in [-0.4, -0.2) is 53.2 Å². The van der Waals surface area contributed by atoms with Crippen molar-refractivity contribution in [1.82, 2.24) is 10.2 Å². The number of benzene rings is 2. The van der Waals surface area contributed by atoms with Gasteiger partial charge in [-0.25, -0.2) is 4.79 Å². The van der Waals surface area contributed by atoms with Gasteiger partial charge in [-0.3, -0.25) is 9.59 Å². The van der Waals surface area contributed by atoms with Crippen molar-refractivity contribution in [3.8, 4) is 11.1 Å². The lowest BCUT2D eigenvalue weighted by Crippen LogP contribution is -2.57. The lowest BCUT2D eigenvalue weighted by Gasteiger charge is -2.37. The van der Waals surface area contributed by atoms with Crippen LogP contribution < -0.4 is 5.32 Å². The fourth-order valence-electron chi connectivity index (χ4n) is 5.00. The lowest BCUT2D eigenvalue weighted by atomic mass is 9.93. The molecule has 2 aromatic rings. The van der Waals surface area contributed by atoms with Crippen LogP contribution in [-0.2, 0) is 14.3 Å². The maximum absolute atomic E-state index is 13.1. The van der Waals surface area contributed by atoms with Gasteiger partial charge in [0, 0.05) is 25.4 Å². The summed E-state index contributed by atoms with van der Waals surface area (Å²) in [5.41, 5.74) is 3.39. The number of aliphatic carboxylic acids is 1. The van der Waals surface area contributed by atoms with Crippen molar-refractivity contribution < 1.29 is 24.2 Å². The van der Waals surface area contributed by atoms with Gasteiger partial charge in [-0.1, -0.05) is 48.5 Å². The molecule has 1 fully saturated rings. The summed E-state index contributed by atoms with van der Waals surface area (Å²) in [4.78, 5) is 38.4. The highest BCUT2D eigenvalue weighted by atomic mass is 16.5. The normalized spacial score (nSPS) is 17.8. The Balaban J connectivity index is 1.37. The van der Waals surface area contributed by atoms with Gasteiger partial charge < -0.3 is 20.1 Å². The standard InChI is InChI=1S/C26H30N2O5/c1-26(2,24(31)28-13-7-8-17(15-28)14-23(29)30)27-25(32)33-16-22-20-11-5-3-9-18(20)19-10-4-6-12-21(19)22/h3-6,9-12,17,22H,7-8,13-16H2,1-2H3,(H,27,32)(H,29,30). The minimum Gasteiger partial charge on any atom is -0.481 e. The average molecular weight is 451 g/mol. The number of hydrogen-bond donors (Lipinski definition) is 2. The van der Waals surface area contributed by atoms with Crippen LogP contribution in [0.5, 0.6) is 0 Å². The molecule has 2 amide bonds. The van der Waals surface area contributed by atoms with Gasteiger partial charge in [0.25, 0.3) is 0 Å². The fraction of sp³-hybridized carbons (Fsp3) is 0.423. The Labute approximate surface area is 193 Å². The molecule has 1 atom stereocenters. The van der Waals surface area contributed by atoms with Crippen molar-refractivity contribution in [2.24, 2.45) is 5.92 Å². The van der Waals surface area contributed by atoms with Crippen LogP contribution in [0.4, 0.5) is 4.79 Å². The van der Waals surface area contributed by atoms with E-state index in [0.29, 0.717) is 13.1 Å². The van der Waals surface area contributed by atoms with Crippen LogP contribution in [0.1, 0.15) is 50.2 Å². The third-order valence-corrected chi connectivity index (χ3v) is 6.56. The number of carbonyl (C=O) groups is 3. The minimum atomic E-state index is -1.16. The number of piperidine rings is 1. The van der Waals surface area contributed by atoms with Gasteiger partial charge in [-0.05, 0) is 54.9 Å². The van der Waals surface area contributed by atoms with E-state index in [1.807, 2.05) is 24.3 Å². The number of ether oxygens (including phenoxy) is 1. The smallest absolute Gasteiger partial charge is 0.408 e. The van der Waals surface area contributed by atoms with Gasteiger partial charge in [0.15, 0.2) is 0 Å². The summed E-state index contributed by atoms with van der Waals surface area (Å²) in [6.45, 7) is 4.43. The van der Waals surface area contributed by atoms with Crippen molar-refractivity contribution in [2.45, 2.75) is 44.6 Å². The Morgan fingerprint density at radius 1 is 1.06 bits per heavy atom. The molecule has 174 valence electrons. The van der Waals surface area contributed by atoms with E-state index in [9.17, 15) is 14.4 Å². The lowest BCUT2D eigenvalue weighted by molar-refractivity contribution is -0.142. The Hall–Kier alpha value is -3.35. The second kappa shape index (κ2) is 9.25. The van der Waals surface area contributed by atoms with Crippen LogP contribution in [0.3, 0.4) is 0 Å². The molecule has 2 aromatic carbocycles. The summed E-state index contributed by atoms with van der Waals surface area (Å²) >= 11 is 0. The maximum atomic E-state index is 13.1. The van der Waals surface area contributed by atoms with Gasteiger partial charge in [0.05, 0.1) is 0 Å². The van der Waals surface area contributed by atoms with Crippen molar-refractivity contribution in [3.05, 3.63) is 59.7 Å². The number of likely N-dealkylation sites (tertiary alicyclic amines) is 1. The molecular weight excluding hydrogens is 420 g/mol. The van der Waals surface area contributed by atoms with Crippen LogP contribution in [0.2, 0.25) is 0 Å². The Morgan fingerprint density at radius 3 is 2.27 bits per heavy atom. The summed E-state index contributed by atoms with van der Waals surface area (Å²) < 4.78 is 5.59. The molecule has 1 saturated heterocycles. The first-order valence-corrected chi connectivity index (χ1v) is 11.4. The molecule has 1 aliphatic carbocycles. The molecule has 0 radical (unpaired) electrons. The summed E-state index contributed by atoms with van der Waals surface area (Å²) in [7, 11) is 0. The van der Waals surface area contributed by atoms with E-state index in [4.69, 9.17) is 9.84 Å². The first kappa shape index (κ1) is 22.8. The number of carboxylic acid groups (broad SMARTS) is 1. The van der Waals surface area contributed by atoms with Crippen molar-refractivity contribution in [2.75, 3.05) is 19.7 Å². The molecule has 0 saturated carbocycles. The molecule has 2 N–H and O–H groups in total. The number of amides is 2. The van der Waals surface area contributed by atoms with E-state index in [-0.39, 0.29) is 30.8 Å². The Bertz CT molecular complexity index is 1020. The number of alkyl carbamates (subject to hydrolysis) is 1. The monoisotopic (exact) mass is 450 g/mol. The second-order valence-corrected chi connectivity index (χ2v) is 9.43. The molecule has 2 aliphatic rings. The van der Waals surface area contributed by atoms with Gasteiger partial charge >= 0.3 is 12.1 Å². The van der Waals surface area contributed by atoms with Crippen molar-refractivity contribution in [3.63, 3.8) is 0 Å². The Kier molecular flexibility index (Phi) is 6.40. The molecule has 0 spiro atoms. The molecule has 0 bridgehead atoms. The zero-order valence-electron chi connectivity index (χ0n) is 19.0. The largest absolute Gasteiger partial charge is 0.481 e. The predicted octanol–water partition coefficient (Wildman–Crippen LogP) is 4.02. The van der Waals surface area contributed by atoms with Crippen LogP contribution in [0.15, 0.2) is 48.5 Å². The third kappa shape index (κ3) is 4.87. The zero-order valence-corrected chi connectivity index (χ0v) is 19.0.